The summed E-state index contributed by atoms with van der Waals surface area (Å²) in [5.41, 5.74) is 2.25. The molecule has 3 rings (SSSR count). The van der Waals surface area contributed by atoms with Gasteiger partial charge in [0, 0.05) is 18.4 Å². The molecule has 0 aromatic heterocycles. The fraction of sp³-hybridized carbons (Fsp3) is 0.263. The number of ether oxygens (including phenoxy) is 1. The van der Waals surface area contributed by atoms with Crippen LogP contribution in [0.25, 0.3) is 0 Å². The van der Waals surface area contributed by atoms with E-state index in [0.29, 0.717) is 30.7 Å². The average molecular weight is 342 g/mol. The van der Waals surface area contributed by atoms with E-state index in [1.165, 1.54) is 12.1 Å². The maximum absolute atomic E-state index is 13.2. The number of nitrogens with one attached hydrogen (secondary N) is 1. The summed E-state index contributed by atoms with van der Waals surface area (Å²) in [6, 6.07) is 13.3. The molecule has 130 valence electrons. The maximum Gasteiger partial charge on any atom is 0.251 e. The van der Waals surface area contributed by atoms with Gasteiger partial charge in [-0.2, -0.15) is 0 Å². The van der Waals surface area contributed by atoms with Crippen LogP contribution in [0, 0.1) is 5.82 Å². The summed E-state index contributed by atoms with van der Waals surface area (Å²) in [6.45, 7) is 0.362. The standard InChI is InChI=1S/C19H19FN2O3/c1-24-17-7-5-14(6-8-17)19(23)21-12-18-11-16(22-25-18)10-13-3-2-4-15(20)9-13/h2-9,18H,10-12H2,1H3,(H,21,23). The van der Waals surface area contributed by atoms with E-state index in [2.05, 4.69) is 10.5 Å². The second kappa shape index (κ2) is 7.79. The highest BCUT2D eigenvalue weighted by Gasteiger charge is 2.22. The number of methoxy groups -OCH3 is 1. The molecule has 2 aromatic carbocycles. The van der Waals surface area contributed by atoms with Gasteiger partial charge in [0.15, 0.2) is 0 Å². The molecule has 0 aliphatic carbocycles. The number of carbonyl (C=O) groups is 1. The number of amides is 1. The normalized spacial score (nSPS) is 16.1. The van der Waals surface area contributed by atoms with Crippen LogP contribution in [-0.2, 0) is 11.3 Å². The summed E-state index contributed by atoms with van der Waals surface area (Å²) in [7, 11) is 1.58. The van der Waals surface area contributed by atoms with E-state index >= 15 is 0 Å². The third kappa shape index (κ3) is 4.56. The van der Waals surface area contributed by atoms with E-state index in [1.807, 2.05) is 6.07 Å². The molecule has 1 N–H and O–H groups in total. The van der Waals surface area contributed by atoms with E-state index in [1.54, 1.807) is 37.4 Å². The first-order chi connectivity index (χ1) is 12.1. The molecule has 0 saturated heterocycles. The first-order valence-electron chi connectivity index (χ1n) is 8.02. The van der Waals surface area contributed by atoms with E-state index in [0.717, 1.165) is 11.3 Å². The molecular weight excluding hydrogens is 323 g/mol. The highest BCUT2D eigenvalue weighted by atomic mass is 19.1. The van der Waals surface area contributed by atoms with Crippen LogP contribution >= 0.6 is 0 Å². The predicted octanol–water partition coefficient (Wildman–Crippen LogP) is 2.95. The molecule has 1 heterocycles. The number of carbonyl (C=O) groups excluding carboxylic acids is 1. The number of hydrogen-bond donors (Lipinski definition) is 1. The Morgan fingerprint density at radius 1 is 1.32 bits per heavy atom. The number of oxime groups is 1. The minimum Gasteiger partial charge on any atom is -0.497 e. The van der Waals surface area contributed by atoms with Crippen LogP contribution in [0.15, 0.2) is 53.7 Å². The second-order valence-electron chi connectivity index (χ2n) is 5.83. The summed E-state index contributed by atoms with van der Waals surface area (Å²) in [6.07, 6.45) is 0.950. The van der Waals surface area contributed by atoms with Gasteiger partial charge in [-0.3, -0.25) is 4.79 Å². The summed E-state index contributed by atoms with van der Waals surface area (Å²) >= 11 is 0. The van der Waals surface area contributed by atoms with Crippen molar-refractivity contribution in [3.8, 4) is 5.75 Å². The number of nitrogens with zero attached hydrogens (tertiary/aromatic N) is 1. The lowest BCUT2D eigenvalue weighted by Crippen LogP contribution is -2.32. The summed E-state index contributed by atoms with van der Waals surface area (Å²) < 4.78 is 18.3. The van der Waals surface area contributed by atoms with Crippen molar-refractivity contribution in [2.24, 2.45) is 5.16 Å². The SMILES string of the molecule is COc1ccc(C(=O)NCC2CC(Cc3cccc(F)c3)=NO2)cc1. The van der Waals surface area contributed by atoms with Crippen LogP contribution in [0.3, 0.4) is 0 Å². The Kier molecular flexibility index (Phi) is 5.28. The predicted molar refractivity (Wildman–Crippen MR) is 92.4 cm³/mol. The minimum atomic E-state index is -0.264. The Bertz CT molecular complexity index is 774. The Labute approximate surface area is 145 Å². The molecule has 1 unspecified atom stereocenters. The van der Waals surface area contributed by atoms with Crippen LogP contribution in [0.2, 0.25) is 0 Å². The molecule has 5 nitrogen and oxygen atoms in total. The largest absolute Gasteiger partial charge is 0.497 e. The van der Waals surface area contributed by atoms with Gasteiger partial charge in [0.25, 0.3) is 5.91 Å². The zero-order valence-corrected chi connectivity index (χ0v) is 13.9. The molecule has 6 heteroatoms. The van der Waals surface area contributed by atoms with Crippen molar-refractivity contribution in [1.82, 2.24) is 5.32 Å². The van der Waals surface area contributed by atoms with Crippen LogP contribution < -0.4 is 10.1 Å². The quantitative estimate of drug-likeness (QED) is 0.878. The van der Waals surface area contributed by atoms with Crippen molar-refractivity contribution >= 4 is 11.6 Å². The van der Waals surface area contributed by atoms with Gasteiger partial charge < -0.3 is 14.9 Å². The Morgan fingerprint density at radius 3 is 2.84 bits per heavy atom. The lowest BCUT2D eigenvalue weighted by Gasteiger charge is -2.10. The van der Waals surface area contributed by atoms with Crippen molar-refractivity contribution in [3.05, 3.63) is 65.5 Å². The minimum absolute atomic E-state index is 0.176. The third-order valence-corrected chi connectivity index (χ3v) is 3.93. The first-order valence-corrected chi connectivity index (χ1v) is 8.02. The smallest absolute Gasteiger partial charge is 0.251 e. The Balaban J connectivity index is 1.46. The van der Waals surface area contributed by atoms with Gasteiger partial charge in [0.2, 0.25) is 0 Å². The number of hydrogen-bond acceptors (Lipinski definition) is 4. The van der Waals surface area contributed by atoms with E-state index in [9.17, 15) is 9.18 Å². The molecule has 0 bridgehead atoms. The van der Waals surface area contributed by atoms with E-state index < -0.39 is 0 Å². The molecule has 0 spiro atoms. The van der Waals surface area contributed by atoms with Crippen molar-refractivity contribution < 1.29 is 18.8 Å². The topological polar surface area (TPSA) is 59.9 Å². The van der Waals surface area contributed by atoms with E-state index in [4.69, 9.17) is 9.57 Å². The number of benzene rings is 2. The van der Waals surface area contributed by atoms with Crippen LogP contribution in [0.5, 0.6) is 5.75 Å². The molecule has 2 aromatic rings. The van der Waals surface area contributed by atoms with Gasteiger partial charge >= 0.3 is 0 Å². The van der Waals surface area contributed by atoms with Gasteiger partial charge in [0.05, 0.1) is 19.4 Å². The molecule has 25 heavy (non-hydrogen) atoms. The van der Waals surface area contributed by atoms with E-state index in [-0.39, 0.29) is 17.8 Å². The fourth-order valence-corrected chi connectivity index (χ4v) is 2.63. The lowest BCUT2D eigenvalue weighted by atomic mass is 10.0. The zero-order chi connectivity index (χ0) is 17.6. The van der Waals surface area contributed by atoms with Crippen molar-refractivity contribution in [3.63, 3.8) is 0 Å². The van der Waals surface area contributed by atoms with Gasteiger partial charge in [-0.25, -0.2) is 4.39 Å². The molecule has 1 aliphatic rings. The third-order valence-electron chi connectivity index (χ3n) is 3.93. The molecule has 0 fully saturated rings. The summed E-state index contributed by atoms with van der Waals surface area (Å²) in [4.78, 5) is 17.5. The molecule has 0 radical (unpaired) electrons. The zero-order valence-electron chi connectivity index (χ0n) is 13.9. The Hall–Kier alpha value is -2.89. The number of rotatable bonds is 6. The summed E-state index contributed by atoms with van der Waals surface area (Å²) in [5.74, 6) is 0.260. The lowest BCUT2D eigenvalue weighted by molar-refractivity contribution is 0.0753. The maximum atomic E-state index is 13.2. The monoisotopic (exact) mass is 342 g/mol. The summed E-state index contributed by atoms with van der Waals surface area (Å²) in [5, 5.41) is 6.88. The highest BCUT2D eigenvalue weighted by molar-refractivity contribution is 5.94. The van der Waals surface area contributed by atoms with Crippen molar-refractivity contribution in [2.45, 2.75) is 18.9 Å². The van der Waals surface area contributed by atoms with Crippen molar-refractivity contribution in [1.29, 1.82) is 0 Å². The van der Waals surface area contributed by atoms with Crippen LogP contribution in [0.1, 0.15) is 22.3 Å². The average Bonchev–Trinajstić information content (AvgIpc) is 3.07. The van der Waals surface area contributed by atoms with Crippen LogP contribution in [0.4, 0.5) is 4.39 Å². The molecule has 0 saturated carbocycles. The molecule has 1 amide bonds. The molecule has 1 aliphatic heterocycles. The van der Waals surface area contributed by atoms with Crippen LogP contribution in [-0.4, -0.2) is 31.4 Å². The van der Waals surface area contributed by atoms with Gasteiger partial charge in [-0.1, -0.05) is 17.3 Å². The van der Waals surface area contributed by atoms with Gasteiger partial charge in [0.1, 0.15) is 17.7 Å². The number of halogens is 1. The molecule has 1 atom stereocenters. The first kappa shape index (κ1) is 17.0. The molecular formula is C19H19FN2O3. The second-order valence-corrected chi connectivity index (χ2v) is 5.83. The van der Waals surface area contributed by atoms with Crippen molar-refractivity contribution in [2.75, 3.05) is 13.7 Å². The fourth-order valence-electron chi connectivity index (χ4n) is 2.63. The highest BCUT2D eigenvalue weighted by Crippen LogP contribution is 2.15. The Morgan fingerprint density at radius 2 is 2.12 bits per heavy atom. The van der Waals surface area contributed by atoms with Gasteiger partial charge in [-0.05, 0) is 42.0 Å². The van der Waals surface area contributed by atoms with Gasteiger partial charge in [-0.15, -0.1) is 0 Å².